The summed E-state index contributed by atoms with van der Waals surface area (Å²) in [5.41, 5.74) is -0.551. The average Bonchev–Trinajstić information content (AvgIpc) is 3.21. The van der Waals surface area contributed by atoms with Crippen LogP contribution in [0.25, 0.3) is 11.3 Å². The van der Waals surface area contributed by atoms with E-state index in [9.17, 15) is 22.8 Å². The molecule has 0 radical (unpaired) electrons. The van der Waals surface area contributed by atoms with Crippen LogP contribution in [0, 0.1) is 5.92 Å². The number of carbonyl (C=O) groups excluding carboxylic acids is 2. The van der Waals surface area contributed by atoms with Crippen molar-refractivity contribution in [2.45, 2.75) is 38.3 Å². The van der Waals surface area contributed by atoms with Gasteiger partial charge >= 0.3 is 6.18 Å². The molecule has 1 aromatic carbocycles. The molecule has 156 valence electrons. The standard InChI is InChI=1S/C21H23F3N2O3/c22-21(23,24)16-8-4-7-15(13-16)17-9-10-18(29-17)20(28)26-12-11-25-19(27)14-5-2-1-3-6-14/h4,7-10,13-14H,1-3,5-6,11-12H2,(H,25,27)(H,26,28). The SMILES string of the molecule is O=C(NCCNC(=O)C1CCCCC1)c1ccc(-c2cccc(C(F)(F)F)c2)o1. The van der Waals surface area contributed by atoms with E-state index in [0.29, 0.717) is 6.54 Å². The van der Waals surface area contributed by atoms with Crippen molar-refractivity contribution < 1.29 is 27.2 Å². The normalized spacial score (nSPS) is 15.1. The third-order valence-electron chi connectivity index (χ3n) is 4.99. The molecule has 0 bridgehead atoms. The van der Waals surface area contributed by atoms with Gasteiger partial charge in [0.1, 0.15) is 5.76 Å². The molecule has 0 saturated heterocycles. The zero-order valence-corrected chi connectivity index (χ0v) is 15.8. The summed E-state index contributed by atoms with van der Waals surface area (Å²) < 4.78 is 43.9. The zero-order valence-electron chi connectivity index (χ0n) is 15.8. The minimum atomic E-state index is -4.45. The summed E-state index contributed by atoms with van der Waals surface area (Å²) in [5, 5.41) is 5.45. The van der Waals surface area contributed by atoms with Crippen LogP contribution in [0.3, 0.4) is 0 Å². The highest BCUT2D eigenvalue weighted by Crippen LogP contribution is 2.32. The zero-order chi connectivity index (χ0) is 20.9. The number of alkyl halides is 3. The average molecular weight is 408 g/mol. The lowest BCUT2D eigenvalue weighted by atomic mass is 9.89. The van der Waals surface area contributed by atoms with Crippen molar-refractivity contribution in [3.05, 3.63) is 47.7 Å². The van der Waals surface area contributed by atoms with Gasteiger partial charge in [-0.1, -0.05) is 31.4 Å². The Morgan fingerprint density at radius 2 is 1.72 bits per heavy atom. The molecule has 2 amide bonds. The first-order chi connectivity index (χ1) is 13.8. The molecule has 1 aliphatic carbocycles. The smallest absolute Gasteiger partial charge is 0.416 e. The van der Waals surface area contributed by atoms with E-state index < -0.39 is 17.6 Å². The molecule has 1 fully saturated rings. The van der Waals surface area contributed by atoms with Crippen LogP contribution in [0.15, 0.2) is 40.8 Å². The fourth-order valence-electron chi connectivity index (χ4n) is 3.42. The minimum absolute atomic E-state index is 0.00369. The summed E-state index contributed by atoms with van der Waals surface area (Å²) in [5.74, 6) is -0.249. The molecule has 1 heterocycles. The molecule has 0 atom stereocenters. The van der Waals surface area contributed by atoms with Crippen LogP contribution in [0.4, 0.5) is 13.2 Å². The molecule has 8 heteroatoms. The van der Waals surface area contributed by atoms with Gasteiger partial charge in [-0.2, -0.15) is 13.2 Å². The van der Waals surface area contributed by atoms with Crippen molar-refractivity contribution in [3.8, 4) is 11.3 Å². The fourth-order valence-corrected chi connectivity index (χ4v) is 3.42. The van der Waals surface area contributed by atoms with Gasteiger partial charge in [0.25, 0.3) is 5.91 Å². The van der Waals surface area contributed by atoms with Crippen molar-refractivity contribution in [1.82, 2.24) is 10.6 Å². The number of hydrogen-bond donors (Lipinski definition) is 2. The summed E-state index contributed by atoms with van der Waals surface area (Å²) in [4.78, 5) is 24.2. The number of carbonyl (C=O) groups is 2. The molecule has 0 aliphatic heterocycles. The number of halogens is 3. The predicted octanol–water partition coefficient (Wildman–Crippen LogP) is 4.39. The predicted molar refractivity (Wildman–Crippen MR) is 101 cm³/mol. The van der Waals surface area contributed by atoms with Gasteiger partial charge < -0.3 is 15.1 Å². The van der Waals surface area contributed by atoms with E-state index in [-0.39, 0.29) is 35.5 Å². The summed E-state index contributed by atoms with van der Waals surface area (Å²) in [6.07, 6.45) is 0.672. The van der Waals surface area contributed by atoms with Gasteiger partial charge in [0.15, 0.2) is 5.76 Å². The number of hydrogen-bond acceptors (Lipinski definition) is 3. The Bertz CT molecular complexity index is 855. The first kappa shape index (κ1) is 21.0. The monoisotopic (exact) mass is 408 g/mol. The highest BCUT2D eigenvalue weighted by Gasteiger charge is 2.30. The van der Waals surface area contributed by atoms with E-state index in [1.807, 2.05) is 0 Å². The molecule has 29 heavy (non-hydrogen) atoms. The van der Waals surface area contributed by atoms with Crippen LogP contribution in [0.5, 0.6) is 0 Å². The largest absolute Gasteiger partial charge is 0.451 e. The van der Waals surface area contributed by atoms with E-state index in [1.165, 1.54) is 30.7 Å². The number of amides is 2. The van der Waals surface area contributed by atoms with E-state index in [1.54, 1.807) is 0 Å². The lowest BCUT2D eigenvalue weighted by molar-refractivity contribution is -0.137. The fraction of sp³-hybridized carbons (Fsp3) is 0.429. The van der Waals surface area contributed by atoms with Crippen LogP contribution in [-0.2, 0) is 11.0 Å². The Hall–Kier alpha value is -2.77. The van der Waals surface area contributed by atoms with Crippen molar-refractivity contribution in [1.29, 1.82) is 0 Å². The second kappa shape index (κ2) is 9.15. The Morgan fingerprint density at radius 1 is 1.00 bits per heavy atom. The molecular weight excluding hydrogens is 385 g/mol. The topological polar surface area (TPSA) is 71.3 Å². The van der Waals surface area contributed by atoms with E-state index in [2.05, 4.69) is 10.6 Å². The molecule has 1 aliphatic rings. The summed E-state index contributed by atoms with van der Waals surface area (Å²) in [6.45, 7) is 0.541. The van der Waals surface area contributed by atoms with Crippen LogP contribution in [0.1, 0.15) is 48.2 Å². The lowest BCUT2D eigenvalue weighted by Crippen LogP contribution is -2.38. The lowest BCUT2D eigenvalue weighted by Gasteiger charge is -2.20. The maximum absolute atomic E-state index is 12.8. The highest BCUT2D eigenvalue weighted by atomic mass is 19.4. The van der Waals surface area contributed by atoms with Gasteiger partial charge in [-0.15, -0.1) is 0 Å². The van der Waals surface area contributed by atoms with E-state index >= 15 is 0 Å². The second-order valence-electron chi connectivity index (χ2n) is 7.12. The Balaban J connectivity index is 1.50. The van der Waals surface area contributed by atoms with Gasteiger partial charge in [0.2, 0.25) is 5.91 Å². The van der Waals surface area contributed by atoms with Gasteiger partial charge in [-0.05, 0) is 37.1 Å². The Kier molecular flexibility index (Phi) is 6.61. The van der Waals surface area contributed by atoms with Crippen LogP contribution in [-0.4, -0.2) is 24.9 Å². The molecule has 1 saturated carbocycles. The van der Waals surface area contributed by atoms with Gasteiger partial charge in [0.05, 0.1) is 5.56 Å². The third kappa shape index (κ3) is 5.62. The van der Waals surface area contributed by atoms with Crippen molar-refractivity contribution in [3.63, 3.8) is 0 Å². The minimum Gasteiger partial charge on any atom is -0.451 e. The molecule has 0 spiro atoms. The van der Waals surface area contributed by atoms with E-state index in [4.69, 9.17) is 4.42 Å². The van der Waals surface area contributed by atoms with Crippen LogP contribution >= 0.6 is 0 Å². The highest BCUT2D eigenvalue weighted by molar-refractivity contribution is 5.92. The molecule has 5 nitrogen and oxygen atoms in total. The molecule has 2 N–H and O–H groups in total. The first-order valence-electron chi connectivity index (χ1n) is 9.68. The second-order valence-corrected chi connectivity index (χ2v) is 7.12. The van der Waals surface area contributed by atoms with Crippen molar-refractivity contribution in [2.24, 2.45) is 5.92 Å². The first-order valence-corrected chi connectivity index (χ1v) is 9.68. The van der Waals surface area contributed by atoms with Gasteiger partial charge in [-0.25, -0.2) is 0 Å². The number of furan rings is 1. The summed E-state index contributed by atoms with van der Waals surface area (Å²) in [7, 11) is 0. The Labute approximate surface area is 166 Å². The maximum Gasteiger partial charge on any atom is 0.416 e. The number of rotatable bonds is 6. The van der Waals surface area contributed by atoms with Gasteiger partial charge in [0, 0.05) is 24.6 Å². The number of nitrogens with one attached hydrogen (secondary N) is 2. The van der Waals surface area contributed by atoms with Crippen LogP contribution < -0.4 is 10.6 Å². The third-order valence-corrected chi connectivity index (χ3v) is 4.99. The van der Waals surface area contributed by atoms with E-state index in [0.717, 1.165) is 37.8 Å². The van der Waals surface area contributed by atoms with Crippen molar-refractivity contribution in [2.75, 3.05) is 13.1 Å². The quantitative estimate of drug-likeness (QED) is 0.697. The summed E-state index contributed by atoms with van der Waals surface area (Å²) in [6, 6.07) is 7.58. The maximum atomic E-state index is 12.8. The molecule has 1 aromatic heterocycles. The molecule has 3 rings (SSSR count). The molecular formula is C21H23F3N2O3. The Morgan fingerprint density at radius 3 is 2.45 bits per heavy atom. The molecule has 2 aromatic rings. The summed E-state index contributed by atoms with van der Waals surface area (Å²) >= 11 is 0. The molecule has 0 unspecified atom stereocenters. The number of benzene rings is 1. The van der Waals surface area contributed by atoms with Gasteiger partial charge in [-0.3, -0.25) is 9.59 Å². The van der Waals surface area contributed by atoms with Crippen LogP contribution in [0.2, 0.25) is 0 Å². The van der Waals surface area contributed by atoms with Crippen molar-refractivity contribution >= 4 is 11.8 Å².